The Morgan fingerprint density at radius 1 is 1.10 bits per heavy atom. The molecule has 0 bridgehead atoms. The lowest BCUT2D eigenvalue weighted by molar-refractivity contribution is -0.135. The summed E-state index contributed by atoms with van der Waals surface area (Å²) in [4.78, 5) is 14.4. The van der Waals surface area contributed by atoms with Crippen LogP contribution in [-0.2, 0) is 4.79 Å². The molecule has 1 amide bonds. The Bertz CT molecular complexity index is 504. The molecule has 1 saturated heterocycles. The quantitative estimate of drug-likeness (QED) is 0.926. The molecule has 2 fully saturated rings. The fraction of sp³-hybridized carbons (Fsp3) is 0.611. The average molecular weight is 286 g/mol. The lowest BCUT2D eigenvalue weighted by Gasteiger charge is -2.37. The molecule has 3 rings (SSSR count). The predicted molar refractivity (Wildman–Crippen MR) is 85.0 cm³/mol. The number of amides is 1. The summed E-state index contributed by atoms with van der Waals surface area (Å²) in [6, 6.07) is 9.08. The molecular weight excluding hydrogens is 260 g/mol. The first-order chi connectivity index (χ1) is 10.1. The van der Waals surface area contributed by atoms with Gasteiger partial charge >= 0.3 is 0 Å². The number of nitrogens with two attached hydrogens (primary N) is 1. The molecule has 114 valence electrons. The van der Waals surface area contributed by atoms with Crippen LogP contribution in [0.3, 0.4) is 0 Å². The van der Waals surface area contributed by atoms with Crippen LogP contribution in [0.2, 0.25) is 0 Å². The number of carbonyl (C=O) groups is 1. The maximum Gasteiger partial charge on any atom is 0.223 e. The summed E-state index contributed by atoms with van der Waals surface area (Å²) in [5.74, 6) is 1.01. The van der Waals surface area contributed by atoms with E-state index in [0.717, 1.165) is 18.8 Å². The second-order valence-electron chi connectivity index (χ2n) is 6.84. The molecule has 1 aliphatic carbocycles. The van der Waals surface area contributed by atoms with E-state index in [1.807, 2.05) is 4.90 Å². The van der Waals surface area contributed by atoms with E-state index in [-0.39, 0.29) is 24.0 Å². The second-order valence-corrected chi connectivity index (χ2v) is 6.84. The van der Waals surface area contributed by atoms with Crippen molar-refractivity contribution >= 4 is 5.91 Å². The highest BCUT2D eigenvalue weighted by molar-refractivity contribution is 5.77. The zero-order valence-corrected chi connectivity index (χ0v) is 13.1. The van der Waals surface area contributed by atoms with E-state index in [1.165, 1.54) is 24.0 Å². The van der Waals surface area contributed by atoms with Gasteiger partial charge in [-0.05, 0) is 56.6 Å². The minimum absolute atomic E-state index is 0.0215. The van der Waals surface area contributed by atoms with Crippen molar-refractivity contribution in [1.82, 2.24) is 4.90 Å². The highest BCUT2D eigenvalue weighted by Crippen LogP contribution is 2.41. The van der Waals surface area contributed by atoms with Crippen molar-refractivity contribution in [3.8, 4) is 0 Å². The molecule has 1 heterocycles. The van der Waals surface area contributed by atoms with Gasteiger partial charge in [0.05, 0.1) is 6.04 Å². The van der Waals surface area contributed by atoms with Crippen LogP contribution >= 0.6 is 0 Å². The molecule has 0 spiro atoms. The Kier molecular flexibility index (Phi) is 4.03. The zero-order valence-electron chi connectivity index (χ0n) is 13.1. The summed E-state index contributed by atoms with van der Waals surface area (Å²) >= 11 is 0. The zero-order chi connectivity index (χ0) is 15.0. The Morgan fingerprint density at radius 3 is 2.29 bits per heavy atom. The second kappa shape index (κ2) is 5.80. The molecule has 2 atom stereocenters. The molecule has 3 nitrogen and oxygen atoms in total. The maximum atomic E-state index is 12.4. The van der Waals surface area contributed by atoms with Crippen molar-refractivity contribution in [3.63, 3.8) is 0 Å². The first kappa shape index (κ1) is 14.6. The van der Waals surface area contributed by atoms with E-state index in [4.69, 9.17) is 5.73 Å². The van der Waals surface area contributed by atoms with Gasteiger partial charge in [-0.25, -0.2) is 0 Å². The van der Waals surface area contributed by atoms with Gasteiger partial charge in [-0.1, -0.05) is 24.3 Å². The van der Waals surface area contributed by atoms with Crippen LogP contribution in [0.15, 0.2) is 24.3 Å². The summed E-state index contributed by atoms with van der Waals surface area (Å²) in [7, 11) is 0. The number of benzene rings is 1. The summed E-state index contributed by atoms with van der Waals surface area (Å²) < 4.78 is 0. The van der Waals surface area contributed by atoms with Crippen LogP contribution < -0.4 is 5.73 Å². The third kappa shape index (κ3) is 2.98. The summed E-state index contributed by atoms with van der Waals surface area (Å²) in [5.41, 5.74) is 9.04. The van der Waals surface area contributed by atoms with Crippen LogP contribution in [0.1, 0.15) is 69.0 Å². The third-order valence-corrected chi connectivity index (χ3v) is 4.80. The molecule has 21 heavy (non-hydrogen) atoms. The highest BCUT2D eigenvalue weighted by atomic mass is 16.2. The lowest BCUT2D eigenvalue weighted by atomic mass is 9.94. The molecule has 2 unspecified atom stereocenters. The van der Waals surface area contributed by atoms with Crippen LogP contribution in [-0.4, -0.2) is 22.9 Å². The molecule has 3 heteroatoms. The fourth-order valence-electron chi connectivity index (χ4n) is 3.54. The van der Waals surface area contributed by atoms with Crippen molar-refractivity contribution in [2.24, 2.45) is 5.73 Å². The molecular formula is C18H26N2O. The van der Waals surface area contributed by atoms with E-state index < -0.39 is 0 Å². The molecule has 2 N–H and O–H groups in total. The van der Waals surface area contributed by atoms with Crippen molar-refractivity contribution in [2.75, 3.05) is 0 Å². The number of hydrogen-bond acceptors (Lipinski definition) is 2. The summed E-state index contributed by atoms with van der Waals surface area (Å²) in [5, 5.41) is 0. The van der Waals surface area contributed by atoms with E-state index in [0.29, 0.717) is 6.42 Å². The van der Waals surface area contributed by atoms with Gasteiger partial charge in [0.15, 0.2) is 0 Å². The summed E-state index contributed by atoms with van der Waals surface area (Å²) in [6.45, 7) is 4.17. The van der Waals surface area contributed by atoms with E-state index >= 15 is 0 Å². The highest BCUT2D eigenvalue weighted by Gasteiger charge is 2.34. The van der Waals surface area contributed by atoms with Gasteiger partial charge in [-0.15, -0.1) is 0 Å². The normalized spacial score (nSPS) is 27.0. The van der Waals surface area contributed by atoms with Gasteiger partial charge in [-0.3, -0.25) is 4.79 Å². The number of carbonyl (C=O) groups excluding carboxylic acids is 1. The molecule has 1 saturated carbocycles. The van der Waals surface area contributed by atoms with Gasteiger partial charge in [0.25, 0.3) is 0 Å². The number of hydrogen-bond donors (Lipinski definition) is 1. The Morgan fingerprint density at radius 2 is 1.71 bits per heavy atom. The maximum absolute atomic E-state index is 12.4. The summed E-state index contributed by atoms with van der Waals surface area (Å²) in [6.07, 6.45) is 5.09. The SMILES string of the molecule is CC(C)N1C(=O)CCCC(N)C1c1ccc(C2CC2)cc1. The topological polar surface area (TPSA) is 46.3 Å². The van der Waals surface area contributed by atoms with Crippen LogP contribution in [0, 0.1) is 0 Å². The van der Waals surface area contributed by atoms with Gasteiger partial charge in [0, 0.05) is 18.5 Å². The van der Waals surface area contributed by atoms with E-state index in [9.17, 15) is 4.79 Å². The molecule has 1 aromatic rings. The molecule has 1 aliphatic heterocycles. The first-order valence-electron chi connectivity index (χ1n) is 8.24. The fourth-order valence-corrected chi connectivity index (χ4v) is 3.54. The van der Waals surface area contributed by atoms with Gasteiger partial charge in [-0.2, -0.15) is 0 Å². The van der Waals surface area contributed by atoms with Crippen LogP contribution in [0.5, 0.6) is 0 Å². The van der Waals surface area contributed by atoms with Crippen LogP contribution in [0.4, 0.5) is 0 Å². The van der Waals surface area contributed by atoms with E-state index in [1.54, 1.807) is 0 Å². The Balaban J connectivity index is 1.91. The largest absolute Gasteiger partial charge is 0.332 e. The molecule has 0 aromatic heterocycles. The Hall–Kier alpha value is -1.35. The average Bonchev–Trinajstić information content (AvgIpc) is 3.28. The third-order valence-electron chi connectivity index (χ3n) is 4.80. The smallest absolute Gasteiger partial charge is 0.223 e. The molecule has 1 aromatic carbocycles. The van der Waals surface area contributed by atoms with Gasteiger partial charge in [0.2, 0.25) is 5.91 Å². The van der Waals surface area contributed by atoms with Crippen LogP contribution in [0.25, 0.3) is 0 Å². The minimum atomic E-state index is 0.0215. The molecule has 2 aliphatic rings. The van der Waals surface area contributed by atoms with Crippen molar-refractivity contribution in [1.29, 1.82) is 0 Å². The number of rotatable bonds is 3. The predicted octanol–water partition coefficient (Wildman–Crippen LogP) is 3.35. The molecule has 0 radical (unpaired) electrons. The first-order valence-corrected chi connectivity index (χ1v) is 8.24. The standard InChI is InChI=1S/C18H26N2O/c1-12(2)20-17(21)5-3-4-16(19)18(20)15-10-8-14(9-11-15)13-6-7-13/h8-13,16,18H,3-7,19H2,1-2H3. The minimum Gasteiger partial charge on any atom is -0.332 e. The number of likely N-dealkylation sites (tertiary alicyclic amines) is 1. The number of nitrogens with zero attached hydrogens (tertiary/aromatic N) is 1. The van der Waals surface area contributed by atoms with Crippen molar-refractivity contribution in [2.45, 2.75) is 70.0 Å². The van der Waals surface area contributed by atoms with Crippen molar-refractivity contribution in [3.05, 3.63) is 35.4 Å². The van der Waals surface area contributed by atoms with Gasteiger partial charge in [0.1, 0.15) is 0 Å². The monoisotopic (exact) mass is 286 g/mol. The van der Waals surface area contributed by atoms with Gasteiger partial charge < -0.3 is 10.6 Å². The van der Waals surface area contributed by atoms with Crippen molar-refractivity contribution < 1.29 is 4.79 Å². The van der Waals surface area contributed by atoms with E-state index in [2.05, 4.69) is 38.1 Å². The Labute approximate surface area is 127 Å². The lowest BCUT2D eigenvalue weighted by Crippen LogP contribution is -2.45.